The fraction of sp³-hybridized carbons (Fsp3) is 0.133. The van der Waals surface area contributed by atoms with Gasteiger partial charge in [0.25, 0.3) is 0 Å². The topological polar surface area (TPSA) is 87.3 Å². The highest BCUT2D eigenvalue weighted by molar-refractivity contribution is 9.10. The molecule has 1 atom stereocenters. The van der Waals surface area contributed by atoms with Crippen molar-refractivity contribution in [3.05, 3.63) is 51.5 Å². The lowest BCUT2D eigenvalue weighted by Gasteiger charge is -2.12. The number of fused-ring (bicyclic) bond motifs is 1. The first-order chi connectivity index (χ1) is 11.3. The number of rotatable bonds is 2. The standard InChI is InChI=1S/C15H13BrClN3O3S/c1-8-13-10(17)6-7-12(14(13)20-24(8,22)23)19-15(21)18-11-5-3-2-4-9(11)16/h2-8,20H,1H3,(H2,18,19,21). The Morgan fingerprint density at radius 3 is 2.54 bits per heavy atom. The second kappa shape index (κ2) is 6.27. The maximum atomic E-state index is 12.2. The molecule has 24 heavy (non-hydrogen) atoms. The molecule has 2 aromatic rings. The normalized spacial score (nSPS) is 17.7. The average molecular weight is 431 g/mol. The highest BCUT2D eigenvalue weighted by atomic mass is 79.9. The number of benzene rings is 2. The van der Waals surface area contributed by atoms with E-state index in [4.69, 9.17) is 11.6 Å². The van der Waals surface area contributed by atoms with Crippen molar-refractivity contribution in [2.75, 3.05) is 15.4 Å². The van der Waals surface area contributed by atoms with Crippen molar-refractivity contribution in [1.82, 2.24) is 0 Å². The molecule has 0 spiro atoms. The second-order valence-corrected chi connectivity index (χ2v) is 8.49. The molecule has 126 valence electrons. The number of nitrogens with one attached hydrogen (secondary N) is 3. The van der Waals surface area contributed by atoms with Crippen LogP contribution < -0.4 is 15.4 Å². The molecular weight excluding hydrogens is 418 g/mol. The van der Waals surface area contributed by atoms with E-state index in [9.17, 15) is 13.2 Å². The molecule has 0 fully saturated rings. The van der Waals surface area contributed by atoms with Gasteiger partial charge in [-0.05, 0) is 47.1 Å². The summed E-state index contributed by atoms with van der Waals surface area (Å²) in [5.74, 6) is 0. The van der Waals surface area contributed by atoms with Gasteiger partial charge >= 0.3 is 6.03 Å². The minimum absolute atomic E-state index is 0.303. The number of urea groups is 1. The average Bonchev–Trinajstić information content (AvgIpc) is 2.76. The van der Waals surface area contributed by atoms with Crippen LogP contribution in [0.1, 0.15) is 17.7 Å². The first-order valence-electron chi connectivity index (χ1n) is 6.96. The monoisotopic (exact) mass is 429 g/mol. The largest absolute Gasteiger partial charge is 0.323 e. The molecule has 0 saturated heterocycles. The Hall–Kier alpha value is -1.77. The van der Waals surface area contributed by atoms with Gasteiger partial charge in [0.15, 0.2) is 0 Å². The van der Waals surface area contributed by atoms with Crippen LogP contribution in [-0.2, 0) is 10.0 Å². The van der Waals surface area contributed by atoms with Crippen LogP contribution >= 0.6 is 27.5 Å². The smallest absolute Gasteiger partial charge is 0.307 e. The Labute approximate surface area is 152 Å². The minimum Gasteiger partial charge on any atom is -0.307 e. The zero-order chi connectivity index (χ0) is 17.5. The van der Waals surface area contributed by atoms with Gasteiger partial charge in [-0.3, -0.25) is 4.72 Å². The lowest BCUT2D eigenvalue weighted by atomic mass is 10.1. The number of amides is 2. The molecule has 0 saturated carbocycles. The molecule has 1 unspecified atom stereocenters. The summed E-state index contributed by atoms with van der Waals surface area (Å²) in [7, 11) is -3.54. The van der Waals surface area contributed by atoms with Gasteiger partial charge in [-0.25, -0.2) is 13.2 Å². The van der Waals surface area contributed by atoms with Crippen LogP contribution in [0.25, 0.3) is 0 Å². The Morgan fingerprint density at radius 2 is 1.83 bits per heavy atom. The molecule has 9 heteroatoms. The van der Waals surface area contributed by atoms with Crippen LogP contribution in [-0.4, -0.2) is 14.4 Å². The van der Waals surface area contributed by atoms with Crippen molar-refractivity contribution >= 4 is 60.6 Å². The first kappa shape index (κ1) is 17.1. The van der Waals surface area contributed by atoms with Crippen LogP contribution in [0.15, 0.2) is 40.9 Å². The third-order valence-corrected chi connectivity index (χ3v) is 6.36. The SMILES string of the molecule is CC1c2c(Cl)ccc(NC(=O)Nc3ccccc3Br)c2NS1(=O)=O. The number of halogens is 2. The highest BCUT2D eigenvalue weighted by Crippen LogP contribution is 2.45. The molecule has 3 rings (SSSR count). The molecule has 1 heterocycles. The third-order valence-electron chi connectivity index (χ3n) is 3.68. The molecule has 1 aliphatic heterocycles. The Balaban J connectivity index is 1.88. The van der Waals surface area contributed by atoms with E-state index in [2.05, 4.69) is 31.3 Å². The lowest BCUT2D eigenvalue weighted by Crippen LogP contribution is -2.20. The molecule has 0 radical (unpaired) electrons. The molecule has 2 aromatic carbocycles. The first-order valence-corrected chi connectivity index (χ1v) is 9.68. The van der Waals surface area contributed by atoms with Crippen LogP contribution in [0.5, 0.6) is 0 Å². The highest BCUT2D eigenvalue weighted by Gasteiger charge is 2.36. The van der Waals surface area contributed by atoms with Crippen molar-refractivity contribution in [3.8, 4) is 0 Å². The fourth-order valence-corrected chi connectivity index (χ4v) is 4.44. The van der Waals surface area contributed by atoms with E-state index in [1.165, 1.54) is 0 Å². The summed E-state index contributed by atoms with van der Waals surface area (Å²) in [5, 5.41) is 4.89. The van der Waals surface area contributed by atoms with Gasteiger partial charge in [-0.1, -0.05) is 23.7 Å². The van der Waals surface area contributed by atoms with Gasteiger partial charge < -0.3 is 10.6 Å². The number of hydrogen-bond acceptors (Lipinski definition) is 3. The summed E-state index contributed by atoms with van der Waals surface area (Å²) in [4.78, 5) is 12.2. The summed E-state index contributed by atoms with van der Waals surface area (Å²) >= 11 is 9.45. The van der Waals surface area contributed by atoms with Gasteiger partial charge in [0.2, 0.25) is 10.0 Å². The van der Waals surface area contributed by atoms with E-state index < -0.39 is 21.3 Å². The van der Waals surface area contributed by atoms with Gasteiger partial charge in [-0.15, -0.1) is 0 Å². The van der Waals surface area contributed by atoms with Crippen molar-refractivity contribution in [2.45, 2.75) is 12.2 Å². The molecule has 3 N–H and O–H groups in total. The predicted octanol–water partition coefficient (Wildman–Crippen LogP) is 4.56. The molecule has 6 nitrogen and oxygen atoms in total. The number of para-hydroxylation sites is 1. The number of sulfonamides is 1. The van der Waals surface area contributed by atoms with Crippen LogP contribution in [0.3, 0.4) is 0 Å². The maximum absolute atomic E-state index is 12.2. The van der Waals surface area contributed by atoms with E-state index in [1.54, 1.807) is 37.3 Å². The van der Waals surface area contributed by atoms with Crippen LogP contribution in [0.2, 0.25) is 5.02 Å². The van der Waals surface area contributed by atoms with E-state index in [-0.39, 0.29) is 0 Å². The minimum atomic E-state index is -3.54. The molecule has 2 amide bonds. The van der Waals surface area contributed by atoms with Gasteiger partial charge in [0.05, 0.1) is 17.1 Å². The van der Waals surface area contributed by atoms with Gasteiger partial charge in [0, 0.05) is 15.1 Å². The zero-order valence-electron chi connectivity index (χ0n) is 12.4. The second-order valence-electron chi connectivity index (χ2n) is 5.23. The number of carbonyl (C=O) groups is 1. The summed E-state index contributed by atoms with van der Waals surface area (Å²) < 4.78 is 27.3. The van der Waals surface area contributed by atoms with Crippen LogP contribution in [0.4, 0.5) is 21.9 Å². The summed E-state index contributed by atoms with van der Waals surface area (Å²) in [5.41, 5.74) is 1.69. The van der Waals surface area contributed by atoms with Gasteiger partial charge in [0.1, 0.15) is 5.25 Å². The molecule has 0 aliphatic carbocycles. The Kier molecular flexibility index (Phi) is 4.46. The van der Waals surface area contributed by atoms with E-state index in [0.717, 1.165) is 4.47 Å². The molecule has 0 bridgehead atoms. The van der Waals surface area contributed by atoms with Crippen LogP contribution in [0, 0.1) is 0 Å². The number of anilines is 3. The molecule has 1 aliphatic rings. The summed E-state index contributed by atoms with van der Waals surface area (Å²) in [6, 6.07) is 9.78. The lowest BCUT2D eigenvalue weighted by molar-refractivity contribution is 0.262. The summed E-state index contributed by atoms with van der Waals surface area (Å²) in [6.45, 7) is 1.55. The molecular formula is C15H13BrClN3O3S. The van der Waals surface area contributed by atoms with E-state index in [0.29, 0.717) is 27.6 Å². The quantitative estimate of drug-likeness (QED) is 0.652. The predicted molar refractivity (Wildman–Crippen MR) is 99.2 cm³/mol. The third kappa shape index (κ3) is 3.09. The van der Waals surface area contributed by atoms with Gasteiger partial charge in [-0.2, -0.15) is 0 Å². The van der Waals surface area contributed by atoms with Crippen molar-refractivity contribution in [1.29, 1.82) is 0 Å². The Bertz CT molecular complexity index is 934. The van der Waals surface area contributed by atoms with E-state index in [1.807, 2.05) is 6.07 Å². The van der Waals surface area contributed by atoms with E-state index >= 15 is 0 Å². The maximum Gasteiger partial charge on any atom is 0.323 e. The van der Waals surface area contributed by atoms with Crippen molar-refractivity contribution in [2.24, 2.45) is 0 Å². The Morgan fingerprint density at radius 1 is 1.17 bits per heavy atom. The molecule has 0 aromatic heterocycles. The summed E-state index contributed by atoms with van der Waals surface area (Å²) in [6.07, 6.45) is 0. The fourth-order valence-electron chi connectivity index (χ4n) is 2.43. The number of hydrogen-bond donors (Lipinski definition) is 3. The number of carbonyl (C=O) groups excluding carboxylic acids is 1. The zero-order valence-corrected chi connectivity index (χ0v) is 15.6. The van der Waals surface area contributed by atoms with Crippen molar-refractivity contribution < 1.29 is 13.2 Å². The van der Waals surface area contributed by atoms with Crippen molar-refractivity contribution in [3.63, 3.8) is 0 Å².